The van der Waals surface area contributed by atoms with Gasteiger partial charge >= 0.3 is 0 Å². The first kappa shape index (κ1) is 11.5. The van der Waals surface area contributed by atoms with E-state index in [9.17, 15) is 4.79 Å². The zero-order chi connectivity index (χ0) is 12.1. The second-order valence-corrected chi connectivity index (χ2v) is 3.81. The fourth-order valence-electron chi connectivity index (χ4n) is 1.57. The molecule has 3 heteroatoms. The van der Waals surface area contributed by atoms with Gasteiger partial charge in [-0.2, -0.15) is 0 Å². The summed E-state index contributed by atoms with van der Waals surface area (Å²) in [5, 5.41) is 2.81. The third-order valence-electron chi connectivity index (χ3n) is 2.63. The summed E-state index contributed by atoms with van der Waals surface area (Å²) in [6.45, 7) is 2.51. The number of carbonyl (C=O) groups excluding carboxylic acids is 1. The van der Waals surface area contributed by atoms with E-state index >= 15 is 0 Å². The van der Waals surface area contributed by atoms with Crippen molar-refractivity contribution < 1.29 is 9.21 Å². The Morgan fingerprint density at radius 2 is 2.00 bits per heavy atom. The zero-order valence-corrected chi connectivity index (χ0v) is 9.77. The minimum absolute atomic E-state index is 0.0796. The number of aryl methyl sites for hydroxylation is 1. The van der Waals surface area contributed by atoms with Crippen LogP contribution in [0.25, 0.3) is 0 Å². The summed E-state index contributed by atoms with van der Waals surface area (Å²) in [5.41, 5.74) is 1.90. The van der Waals surface area contributed by atoms with Crippen LogP contribution in [-0.4, -0.2) is 5.91 Å². The van der Waals surface area contributed by atoms with Crippen LogP contribution >= 0.6 is 0 Å². The Morgan fingerprint density at radius 1 is 1.24 bits per heavy atom. The first-order valence-corrected chi connectivity index (χ1v) is 5.69. The Bertz CT molecular complexity index is 471. The second kappa shape index (κ2) is 5.34. The lowest BCUT2D eigenvalue weighted by Crippen LogP contribution is -2.22. The van der Waals surface area contributed by atoms with E-state index < -0.39 is 0 Å². The highest BCUT2D eigenvalue weighted by molar-refractivity contribution is 5.94. The third-order valence-corrected chi connectivity index (χ3v) is 2.63. The molecule has 0 aliphatic carbocycles. The normalized spacial score (nSPS) is 10.2. The molecule has 0 bridgehead atoms. The lowest BCUT2D eigenvalue weighted by molar-refractivity contribution is 0.0948. The molecule has 0 aliphatic rings. The fourth-order valence-corrected chi connectivity index (χ4v) is 1.57. The number of hydrogen-bond acceptors (Lipinski definition) is 2. The SMILES string of the molecule is CCc1ccc(C(=O)NCc2ccco2)cc1. The van der Waals surface area contributed by atoms with Crippen molar-refractivity contribution in [2.45, 2.75) is 19.9 Å². The van der Waals surface area contributed by atoms with Gasteiger partial charge in [-0.05, 0) is 36.2 Å². The maximum absolute atomic E-state index is 11.8. The molecule has 88 valence electrons. The number of nitrogens with one attached hydrogen (secondary N) is 1. The molecule has 17 heavy (non-hydrogen) atoms. The van der Waals surface area contributed by atoms with E-state index in [-0.39, 0.29) is 5.91 Å². The summed E-state index contributed by atoms with van der Waals surface area (Å²) in [7, 11) is 0. The molecule has 1 N–H and O–H groups in total. The van der Waals surface area contributed by atoms with E-state index in [1.807, 2.05) is 30.3 Å². The van der Waals surface area contributed by atoms with Crippen molar-refractivity contribution in [3.8, 4) is 0 Å². The molecule has 0 radical (unpaired) electrons. The van der Waals surface area contributed by atoms with Gasteiger partial charge in [0.25, 0.3) is 5.91 Å². The average Bonchev–Trinajstić information content (AvgIpc) is 2.89. The molecular weight excluding hydrogens is 214 g/mol. The maximum Gasteiger partial charge on any atom is 0.251 e. The Morgan fingerprint density at radius 3 is 2.59 bits per heavy atom. The number of amides is 1. The van der Waals surface area contributed by atoms with Gasteiger partial charge < -0.3 is 9.73 Å². The van der Waals surface area contributed by atoms with Crippen LogP contribution in [0.2, 0.25) is 0 Å². The van der Waals surface area contributed by atoms with Crippen molar-refractivity contribution in [3.63, 3.8) is 0 Å². The van der Waals surface area contributed by atoms with Crippen molar-refractivity contribution in [1.29, 1.82) is 0 Å². The molecule has 0 fully saturated rings. The molecule has 0 aliphatic heterocycles. The lowest BCUT2D eigenvalue weighted by atomic mass is 10.1. The van der Waals surface area contributed by atoms with E-state index in [4.69, 9.17) is 4.42 Å². The number of furan rings is 1. The second-order valence-electron chi connectivity index (χ2n) is 3.81. The van der Waals surface area contributed by atoms with Crippen LogP contribution in [0, 0.1) is 0 Å². The summed E-state index contributed by atoms with van der Waals surface area (Å²) < 4.78 is 5.14. The van der Waals surface area contributed by atoms with Crippen LogP contribution in [0.1, 0.15) is 28.6 Å². The van der Waals surface area contributed by atoms with Crippen LogP contribution in [0.15, 0.2) is 47.1 Å². The molecule has 2 aromatic rings. The van der Waals surface area contributed by atoms with Gasteiger partial charge in [0, 0.05) is 5.56 Å². The minimum Gasteiger partial charge on any atom is -0.467 e. The van der Waals surface area contributed by atoms with E-state index in [0.29, 0.717) is 12.1 Å². The number of carbonyl (C=O) groups is 1. The number of benzene rings is 1. The average molecular weight is 229 g/mol. The first-order chi connectivity index (χ1) is 8.29. The van der Waals surface area contributed by atoms with Gasteiger partial charge in [-0.25, -0.2) is 0 Å². The number of rotatable bonds is 4. The molecule has 0 saturated heterocycles. The summed E-state index contributed by atoms with van der Waals surface area (Å²) in [6, 6.07) is 11.3. The molecule has 0 saturated carbocycles. The predicted octanol–water partition coefficient (Wildman–Crippen LogP) is 2.77. The predicted molar refractivity (Wildman–Crippen MR) is 65.7 cm³/mol. The van der Waals surface area contributed by atoms with Crippen LogP contribution < -0.4 is 5.32 Å². The van der Waals surface area contributed by atoms with Gasteiger partial charge in [-0.15, -0.1) is 0 Å². The standard InChI is InChI=1S/C14H15NO2/c1-2-11-5-7-12(8-6-11)14(16)15-10-13-4-3-9-17-13/h3-9H,2,10H2,1H3,(H,15,16). The van der Waals surface area contributed by atoms with Crippen molar-refractivity contribution >= 4 is 5.91 Å². The van der Waals surface area contributed by atoms with Crippen molar-refractivity contribution in [1.82, 2.24) is 5.32 Å². The minimum atomic E-state index is -0.0796. The monoisotopic (exact) mass is 229 g/mol. The van der Waals surface area contributed by atoms with E-state index in [0.717, 1.165) is 12.2 Å². The van der Waals surface area contributed by atoms with Gasteiger partial charge in [0.05, 0.1) is 12.8 Å². The smallest absolute Gasteiger partial charge is 0.251 e. The molecule has 1 aromatic carbocycles. The van der Waals surface area contributed by atoms with Crippen LogP contribution in [0.5, 0.6) is 0 Å². The highest BCUT2D eigenvalue weighted by atomic mass is 16.3. The van der Waals surface area contributed by atoms with Gasteiger partial charge in [-0.3, -0.25) is 4.79 Å². The first-order valence-electron chi connectivity index (χ1n) is 5.69. The van der Waals surface area contributed by atoms with Crippen LogP contribution in [-0.2, 0) is 13.0 Å². The maximum atomic E-state index is 11.8. The van der Waals surface area contributed by atoms with Crippen LogP contribution in [0.4, 0.5) is 0 Å². The quantitative estimate of drug-likeness (QED) is 0.875. The van der Waals surface area contributed by atoms with Gasteiger partial charge in [-0.1, -0.05) is 19.1 Å². The largest absolute Gasteiger partial charge is 0.467 e. The summed E-state index contributed by atoms with van der Waals surface area (Å²) in [6.07, 6.45) is 2.58. The zero-order valence-electron chi connectivity index (χ0n) is 9.77. The Kier molecular flexibility index (Phi) is 3.60. The van der Waals surface area contributed by atoms with Gasteiger partial charge in [0.15, 0.2) is 0 Å². The molecule has 2 rings (SSSR count). The molecule has 0 atom stereocenters. The molecule has 1 heterocycles. The molecule has 0 unspecified atom stereocenters. The fraction of sp³-hybridized carbons (Fsp3) is 0.214. The Labute approximate surface area is 100 Å². The molecule has 1 amide bonds. The Balaban J connectivity index is 1.95. The summed E-state index contributed by atoms with van der Waals surface area (Å²) >= 11 is 0. The van der Waals surface area contributed by atoms with Crippen LogP contribution in [0.3, 0.4) is 0 Å². The molecule has 1 aromatic heterocycles. The topological polar surface area (TPSA) is 42.2 Å². The van der Waals surface area contributed by atoms with E-state index in [1.54, 1.807) is 12.3 Å². The number of hydrogen-bond donors (Lipinski definition) is 1. The highest BCUT2D eigenvalue weighted by Gasteiger charge is 2.05. The molecule has 3 nitrogen and oxygen atoms in total. The lowest BCUT2D eigenvalue weighted by Gasteiger charge is -2.04. The molecule has 0 spiro atoms. The van der Waals surface area contributed by atoms with Crippen molar-refractivity contribution in [2.75, 3.05) is 0 Å². The van der Waals surface area contributed by atoms with Gasteiger partial charge in [0.1, 0.15) is 5.76 Å². The summed E-state index contributed by atoms with van der Waals surface area (Å²) in [4.78, 5) is 11.8. The van der Waals surface area contributed by atoms with Gasteiger partial charge in [0.2, 0.25) is 0 Å². The van der Waals surface area contributed by atoms with Crippen molar-refractivity contribution in [2.24, 2.45) is 0 Å². The van der Waals surface area contributed by atoms with E-state index in [2.05, 4.69) is 12.2 Å². The summed E-state index contributed by atoms with van der Waals surface area (Å²) in [5.74, 6) is 0.674. The third kappa shape index (κ3) is 2.97. The Hall–Kier alpha value is -2.03. The highest BCUT2D eigenvalue weighted by Crippen LogP contribution is 2.06. The van der Waals surface area contributed by atoms with E-state index in [1.165, 1.54) is 5.56 Å². The van der Waals surface area contributed by atoms with Crippen molar-refractivity contribution in [3.05, 3.63) is 59.5 Å². The molecular formula is C14H15NO2.